The molecule has 0 spiro atoms. The number of methoxy groups -OCH3 is 2. The first kappa shape index (κ1) is 63.5. The van der Waals surface area contributed by atoms with Crippen LogP contribution in [-0.2, 0) is 41.5 Å². The van der Waals surface area contributed by atoms with Crippen LogP contribution < -0.4 is 32.0 Å². The maximum atomic E-state index is 16.2. The molecule has 4 amide bonds. The van der Waals surface area contributed by atoms with Crippen molar-refractivity contribution in [2.24, 2.45) is 21.6 Å². The summed E-state index contributed by atoms with van der Waals surface area (Å²) in [5, 5.41) is 18.8. The molecule has 4 aliphatic rings. The minimum Gasteiger partial charge on any atom is -0.453 e. The standard InChI is InChI=1S/C56H68F8N10O9/c1-53(2,55(59,60)61)47(69-51(78)80-5)49(76)68-44(21-33-10-7-32(8-11-33)9-12-34-13-16-46(67-24-34)72-25-37-14-15-38(26-72)74(37)39-30-83-31-39)45(75)28-73(71-50(77)48(70-52(79)81-6)54(3,4)56(62,63)64)27-40-41(57)22-35(23-42(40)58)43(65)17-19-66-36-18-20-82-29-36/h7-8,10-11,13,16-17,19,22-24,36-39,44-45,47-48,75H,14-15,18,20-21,25-31,65H2,1-6H3,(H,68,76)(H,69,78)(H,70,79)(H,71,77)/t36-,37?,38?,44+,45+,47-,48-/m1/s1. The lowest BCUT2D eigenvalue weighted by Gasteiger charge is -2.47. The fraction of sp³-hybridized carbons (Fsp3) is 0.536. The molecule has 4 saturated heterocycles. The van der Waals surface area contributed by atoms with Crippen LogP contribution in [0.15, 0.2) is 65.8 Å². The number of halogens is 8. The molecule has 1 aromatic heterocycles. The number of pyridine rings is 1. The SMILES string of the molecule is COC(=O)N[C@H](C(=O)N[C@@H](Cc1ccc(C#Cc2ccc(N3CC4CCC(C3)N4C3COC3)nc2)cc1)[C@@H](O)CN(Cc1c(F)cc(C(N)=CC=N[C@@H]2CCOC2)cc1F)NC(=O)[C@@H](NC(=O)OC)C(C)(C)C(F)(F)F)C(C)(C)C(F)(F)F. The molecule has 83 heavy (non-hydrogen) atoms. The Labute approximate surface area is 474 Å². The van der Waals surface area contributed by atoms with Crippen molar-refractivity contribution in [1.29, 1.82) is 0 Å². The van der Waals surface area contributed by atoms with Gasteiger partial charge in [-0.1, -0.05) is 24.0 Å². The van der Waals surface area contributed by atoms with E-state index in [1.54, 1.807) is 18.3 Å². The van der Waals surface area contributed by atoms with Crippen LogP contribution in [0.1, 0.15) is 74.8 Å². The van der Waals surface area contributed by atoms with Gasteiger partial charge in [-0.3, -0.25) is 24.9 Å². The van der Waals surface area contributed by atoms with Crippen molar-refractivity contribution >= 4 is 41.7 Å². The quantitative estimate of drug-likeness (QED) is 0.0354. The number of rotatable bonds is 20. The fourth-order valence-electron chi connectivity index (χ4n) is 10.1. The van der Waals surface area contributed by atoms with E-state index in [4.69, 9.17) is 15.2 Å². The van der Waals surface area contributed by atoms with Gasteiger partial charge >= 0.3 is 24.5 Å². The Balaban J connectivity index is 1.17. The van der Waals surface area contributed by atoms with E-state index < -0.39 is 108 Å². The largest absolute Gasteiger partial charge is 0.453 e. The topological polar surface area (TPSA) is 235 Å². The van der Waals surface area contributed by atoms with Crippen LogP contribution in [0, 0.1) is 34.3 Å². The van der Waals surface area contributed by atoms with E-state index in [1.807, 2.05) is 22.8 Å². The number of alkyl carbamates (subject to hydrolysis) is 2. The number of carbonyl (C=O) groups is 4. The number of hydrogen-bond acceptors (Lipinski definition) is 15. The number of aliphatic hydroxyl groups is 1. The summed E-state index contributed by atoms with van der Waals surface area (Å²) in [6.07, 6.45) is -8.65. The predicted octanol–water partition coefficient (Wildman–Crippen LogP) is 5.52. The van der Waals surface area contributed by atoms with Gasteiger partial charge in [0.2, 0.25) is 5.91 Å². The number of aromatic nitrogens is 1. The van der Waals surface area contributed by atoms with E-state index in [0.717, 1.165) is 71.3 Å². The number of fused-ring (bicyclic) bond motifs is 2. The first-order valence-electron chi connectivity index (χ1n) is 26.7. The second-order valence-electron chi connectivity index (χ2n) is 22.0. The lowest BCUT2D eigenvalue weighted by molar-refractivity contribution is -0.221. The van der Waals surface area contributed by atoms with Crippen molar-refractivity contribution in [1.82, 2.24) is 36.3 Å². The van der Waals surface area contributed by atoms with Gasteiger partial charge in [0.15, 0.2) is 0 Å². The number of allylic oxidation sites excluding steroid dienone is 1. The number of aliphatic hydroxyl groups excluding tert-OH is 1. The summed E-state index contributed by atoms with van der Waals surface area (Å²) in [5.41, 5.74) is 2.39. The third-order valence-corrected chi connectivity index (χ3v) is 15.5. The van der Waals surface area contributed by atoms with E-state index in [0.29, 0.717) is 87.2 Å². The number of anilines is 1. The lowest BCUT2D eigenvalue weighted by atomic mass is 9.82. The lowest BCUT2D eigenvalue weighted by Crippen LogP contribution is -2.63. The number of ether oxygens (including phenoxy) is 4. The normalized spacial score (nSPS) is 20.4. The predicted molar refractivity (Wildman–Crippen MR) is 287 cm³/mol. The summed E-state index contributed by atoms with van der Waals surface area (Å²) in [6, 6.07) is 6.06. The van der Waals surface area contributed by atoms with Crippen molar-refractivity contribution in [2.75, 3.05) is 65.2 Å². The van der Waals surface area contributed by atoms with Gasteiger partial charge in [-0.05, 0) is 101 Å². The smallest absolute Gasteiger partial charge is 0.407 e. The third kappa shape index (κ3) is 15.6. The second kappa shape index (κ2) is 26.6. The summed E-state index contributed by atoms with van der Waals surface area (Å²) in [4.78, 5) is 66.9. The number of hydrogen-bond donors (Lipinski definition) is 6. The van der Waals surface area contributed by atoms with Crippen LogP contribution in [0.4, 0.5) is 50.5 Å². The van der Waals surface area contributed by atoms with Gasteiger partial charge in [-0.2, -0.15) is 26.3 Å². The van der Waals surface area contributed by atoms with E-state index in [2.05, 4.69) is 51.8 Å². The molecular weight excluding hydrogens is 1110 g/mol. The summed E-state index contributed by atoms with van der Waals surface area (Å²) >= 11 is 0. The summed E-state index contributed by atoms with van der Waals surface area (Å²) in [6.45, 7) is 4.34. The Morgan fingerprint density at radius 1 is 0.807 bits per heavy atom. The molecule has 5 heterocycles. The van der Waals surface area contributed by atoms with Crippen LogP contribution >= 0.6 is 0 Å². The zero-order valence-electron chi connectivity index (χ0n) is 46.5. The van der Waals surface area contributed by atoms with E-state index in [-0.39, 0.29) is 17.3 Å². The molecule has 0 aliphatic carbocycles. The molecule has 7 atom stereocenters. The molecule has 0 saturated carbocycles. The molecule has 2 aromatic carbocycles. The van der Waals surface area contributed by atoms with Crippen molar-refractivity contribution in [3.8, 4) is 11.8 Å². The van der Waals surface area contributed by atoms with Gasteiger partial charge in [0, 0.05) is 85.2 Å². The van der Waals surface area contributed by atoms with Crippen LogP contribution in [-0.4, -0.2) is 171 Å². The van der Waals surface area contributed by atoms with Crippen LogP contribution in [0.2, 0.25) is 0 Å². The Morgan fingerprint density at radius 3 is 1.88 bits per heavy atom. The first-order chi connectivity index (χ1) is 39.1. The van der Waals surface area contributed by atoms with E-state index in [9.17, 15) is 50.6 Å². The molecule has 19 nitrogen and oxygen atoms in total. The Morgan fingerprint density at radius 2 is 1.37 bits per heavy atom. The van der Waals surface area contributed by atoms with Crippen molar-refractivity contribution in [3.63, 3.8) is 0 Å². The molecule has 4 aliphatic heterocycles. The zero-order valence-corrected chi connectivity index (χ0v) is 46.5. The third-order valence-electron chi connectivity index (χ3n) is 15.5. The summed E-state index contributed by atoms with van der Waals surface area (Å²) < 4.78 is 140. The maximum Gasteiger partial charge on any atom is 0.407 e. The minimum absolute atomic E-state index is 0.134. The van der Waals surface area contributed by atoms with Crippen molar-refractivity contribution < 1.29 is 78.4 Å². The van der Waals surface area contributed by atoms with Gasteiger partial charge in [-0.15, -0.1) is 0 Å². The number of nitrogens with one attached hydrogen (secondary N) is 4. The number of piperazine rings is 1. The molecule has 452 valence electrons. The van der Waals surface area contributed by atoms with Gasteiger partial charge in [0.1, 0.15) is 29.5 Å². The number of benzene rings is 2. The monoisotopic (exact) mass is 1180 g/mol. The average molecular weight is 1180 g/mol. The molecule has 7 rings (SSSR count). The highest BCUT2D eigenvalue weighted by Gasteiger charge is 2.57. The molecule has 7 N–H and O–H groups in total. The maximum absolute atomic E-state index is 16.2. The Kier molecular flexibility index (Phi) is 20.4. The first-order valence-corrected chi connectivity index (χ1v) is 26.7. The highest BCUT2D eigenvalue weighted by molar-refractivity contribution is 5.87. The van der Waals surface area contributed by atoms with E-state index >= 15 is 8.78 Å². The van der Waals surface area contributed by atoms with Gasteiger partial charge in [0.05, 0.1) is 69.1 Å². The molecule has 4 fully saturated rings. The molecular formula is C56H68F8N10O9. The fourth-order valence-corrected chi connectivity index (χ4v) is 10.1. The summed E-state index contributed by atoms with van der Waals surface area (Å²) in [5.74, 6) is 1.19. The number of amides is 4. The molecule has 2 bridgehead atoms. The highest BCUT2D eigenvalue weighted by atomic mass is 19.4. The molecule has 2 unspecified atom stereocenters. The van der Waals surface area contributed by atoms with Crippen LogP contribution in [0.25, 0.3) is 5.70 Å². The number of carbonyl (C=O) groups excluding carboxylic acids is 4. The average Bonchev–Trinajstić information content (AvgIpc) is 3.44. The second-order valence-corrected chi connectivity index (χ2v) is 22.0. The van der Waals surface area contributed by atoms with Crippen LogP contribution in [0.5, 0.6) is 0 Å². The highest BCUT2D eigenvalue weighted by Crippen LogP contribution is 2.42. The van der Waals surface area contributed by atoms with E-state index in [1.165, 1.54) is 24.4 Å². The van der Waals surface area contributed by atoms with Crippen molar-refractivity contribution in [2.45, 2.75) is 121 Å². The minimum atomic E-state index is -5.20. The molecule has 27 heteroatoms. The molecule has 3 aromatic rings. The number of alkyl halides is 6. The number of hydrazine groups is 1. The Hall–Kier alpha value is -7.12. The summed E-state index contributed by atoms with van der Waals surface area (Å²) in [7, 11) is 1.65. The molecule has 0 radical (unpaired) electrons. The van der Waals surface area contributed by atoms with Crippen molar-refractivity contribution in [3.05, 3.63) is 100 Å². The van der Waals surface area contributed by atoms with Gasteiger partial charge in [0.25, 0.3) is 5.91 Å². The number of nitrogens with zero attached hydrogens (tertiary/aromatic N) is 5. The van der Waals surface area contributed by atoms with Crippen LogP contribution in [0.3, 0.4) is 0 Å². The number of nitrogens with two attached hydrogens (primary N) is 1. The van der Waals surface area contributed by atoms with Gasteiger partial charge < -0.3 is 50.6 Å². The Bertz CT molecular complexity index is 2870. The van der Waals surface area contributed by atoms with Gasteiger partial charge in [-0.25, -0.2) is 28.4 Å². The number of aliphatic imine (C=N–C) groups is 1. The zero-order chi connectivity index (χ0) is 60.6.